The van der Waals surface area contributed by atoms with Crippen LogP contribution in [0.25, 0.3) is 0 Å². The van der Waals surface area contributed by atoms with Gasteiger partial charge in [-0.15, -0.1) is 0 Å². The topological polar surface area (TPSA) is 15.3 Å². The number of nitrogens with one attached hydrogen (secondary N) is 1. The van der Waals surface area contributed by atoms with Crippen molar-refractivity contribution in [3.63, 3.8) is 0 Å². The van der Waals surface area contributed by atoms with Crippen LogP contribution in [0.15, 0.2) is 24.3 Å². The summed E-state index contributed by atoms with van der Waals surface area (Å²) in [5, 5.41) is 3.66. The fourth-order valence-corrected chi connectivity index (χ4v) is 3.71. The van der Waals surface area contributed by atoms with Crippen LogP contribution in [0.2, 0.25) is 0 Å². The van der Waals surface area contributed by atoms with E-state index in [1.807, 2.05) is 0 Å². The molecule has 21 heavy (non-hydrogen) atoms. The van der Waals surface area contributed by atoms with Crippen LogP contribution < -0.4 is 5.32 Å². The Morgan fingerprint density at radius 2 is 1.95 bits per heavy atom. The second kappa shape index (κ2) is 6.10. The minimum absolute atomic E-state index is 0.732. The van der Waals surface area contributed by atoms with E-state index in [1.54, 1.807) is 5.56 Å². The first kappa shape index (κ1) is 13.8. The predicted molar refractivity (Wildman–Crippen MR) is 87.4 cm³/mol. The lowest BCUT2D eigenvalue weighted by Gasteiger charge is -2.26. The number of hydrogen-bond donors (Lipinski definition) is 1. The number of benzene rings is 1. The zero-order valence-corrected chi connectivity index (χ0v) is 13.1. The van der Waals surface area contributed by atoms with E-state index in [1.165, 1.54) is 63.7 Å². The molecule has 1 atom stereocenters. The second-order valence-corrected chi connectivity index (χ2v) is 7.45. The van der Waals surface area contributed by atoms with Crippen molar-refractivity contribution in [1.82, 2.24) is 10.2 Å². The molecular weight excluding hydrogens is 256 g/mol. The highest BCUT2D eigenvalue weighted by Gasteiger charge is 2.27. The van der Waals surface area contributed by atoms with Crippen molar-refractivity contribution in [2.24, 2.45) is 5.92 Å². The molecule has 0 amide bonds. The molecule has 2 heteroatoms. The van der Waals surface area contributed by atoms with Crippen LogP contribution in [0.4, 0.5) is 0 Å². The van der Waals surface area contributed by atoms with Crippen LogP contribution in [0.1, 0.15) is 55.6 Å². The van der Waals surface area contributed by atoms with Gasteiger partial charge in [0.1, 0.15) is 0 Å². The van der Waals surface area contributed by atoms with Crippen molar-refractivity contribution in [2.75, 3.05) is 19.6 Å². The predicted octanol–water partition coefficient (Wildman–Crippen LogP) is 3.53. The molecule has 2 saturated carbocycles. The largest absolute Gasteiger partial charge is 0.313 e. The highest BCUT2D eigenvalue weighted by molar-refractivity contribution is 5.29. The van der Waals surface area contributed by atoms with Crippen molar-refractivity contribution in [1.29, 1.82) is 0 Å². The number of nitrogens with zero attached hydrogens (tertiary/aromatic N) is 1. The Kier molecular flexibility index (Phi) is 4.00. The van der Waals surface area contributed by atoms with E-state index in [2.05, 4.69) is 34.5 Å². The summed E-state index contributed by atoms with van der Waals surface area (Å²) in [6.07, 6.45) is 8.44. The lowest BCUT2D eigenvalue weighted by Crippen LogP contribution is -2.38. The van der Waals surface area contributed by atoms with Gasteiger partial charge in [-0.2, -0.15) is 0 Å². The second-order valence-electron chi connectivity index (χ2n) is 7.45. The normalized spacial score (nSPS) is 25.7. The number of rotatable bonds is 7. The molecule has 1 aromatic rings. The maximum Gasteiger partial charge on any atom is 0.0234 e. The zero-order valence-electron chi connectivity index (χ0n) is 13.1. The first-order valence-electron chi connectivity index (χ1n) is 8.91. The van der Waals surface area contributed by atoms with E-state index in [9.17, 15) is 0 Å². The third-order valence-electron chi connectivity index (χ3n) is 5.26. The SMILES string of the molecule is c1cc(CN(CC2CC2)CC2CCCN2)cc(C2CC2)c1. The van der Waals surface area contributed by atoms with Gasteiger partial charge >= 0.3 is 0 Å². The Morgan fingerprint density at radius 3 is 2.67 bits per heavy atom. The average Bonchev–Trinajstić information content (AvgIpc) is 3.40. The maximum atomic E-state index is 3.66. The van der Waals surface area contributed by atoms with Crippen LogP contribution in [-0.2, 0) is 6.54 Å². The van der Waals surface area contributed by atoms with Crippen molar-refractivity contribution < 1.29 is 0 Å². The van der Waals surface area contributed by atoms with Crippen LogP contribution in [-0.4, -0.2) is 30.6 Å². The van der Waals surface area contributed by atoms with Crippen LogP contribution >= 0.6 is 0 Å². The van der Waals surface area contributed by atoms with Gasteiger partial charge in [-0.05, 0) is 68.0 Å². The molecule has 0 radical (unpaired) electrons. The molecule has 4 rings (SSSR count). The van der Waals surface area contributed by atoms with Crippen molar-refractivity contribution in [3.8, 4) is 0 Å². The van der Waals surface area contributed by atoms with Crippen LogP contribution in [0, 0.1) is 5.92 Å². The third kappa shape index (κ3) is 3.87. The Bertz CT molecular complexity index is 470. The van der Waals surface area contributed by atoms with Gasteiger partial charge in [0.2, 0.25) is 0 Å². The molecule has 1 N–H and O–H groups in total. The molecule has 1 aromatic carbocycles. The minimum atomic E-state index is 0.732. The minimum Gasteiger partial charge on any atom is -0.313 e. The van der Waals surface area contributed by atoms with Gasteiger partial charge in [0.25, 0.3) is 0 Å². The van der Waals surface area contributed by atoms with E-state index in [-0.39, 0.29) is 0 Å². The summed E-state index contributed by atoms with van der Waals surface area (Å²) in [5.74, 6) is 1.86. The molecule has 0 bridgehead atoms. The Hall–Kier alpha value is -0.860. The molecule has 0 spiro atoms. The maximum absolute atomic E-state index is 3.66. The Labute approximate surface area is 128 Å². The quantitative estimate of drug-likeness (QED) is 0.824. The molecule has 114 valence electrons. The zero-order chi connectivity index (χ0) is 14.1. The van der Waals surface area contributed by atoms with Crippen molar-refractivity contribution in [2.45, 2.75) is 57.0 Å². The van der Waals surface area contributed by atoms with E-state index < -0.39 is 0 Å². The molecule has 2 aliphatic carbocycles. The summed E-state index contributed by atoms with van der Waals surface area (Å²) < 4.78 is 0. The standard InChI is InChI=1S/C19H28N2/c1-3-16(11-18(4-1)17-8-9-17)13-21(12-15-6-7-15)14-19-5-2-10-20-19/h1,3-4,11,15,17,19-20H,2,5-10,12-14H2. The molecule has 1 heterocycles. The first-order chi connectivity index (χ1) is 10.4. The van der Waals surface area contributed by atoms with Gasteiger partial charge in [0, 0.05) is 25.7 Å². The summed E-state index contributed by atoms with van der Waals surface area (Å²) >= 11 is 0. The first-order valence-corrected chi connectivity index (χ1v) is 8.91. The molecule has 1 unspecified atom stereocenters. The Morgan fingerprint density at radius 1 is 1.05 bits per heavy atom. The van der Waals surface area contributed by atoms with Gasteiger partial charge in [-0.3, -0.25) is 4.90 Å². The van der Waals surface area contributed by atoms with Crippen LogP contribution in [0.5, 0.6) is 0 Å². The summed E-state index contributed by atoms with van der Waals surface area (Å²) in [6.45, 7) is 4.92. The van der Waals surface area contributed by atoms with Gasteiger partial charge < -0.3 is 5.32 Å². The highest BCUT2D eigenvalue weighted by Crippen LogP contribution is 2.40. The van der Waals surface area contributed by atoms with Crippen molar-refractivity contribution in [3.05, 3.63) is 35.4 Å². The average molecular weight is 284 g/mol. The fourth-order valence-electron chi connectivity index (χ4n) is 3.71. The Balaban J connectivity index is 1.40. The summed E-state index contributed by atoms with van der Waals surface area (Å²) in [6, 6.07) is 10.1. The lowest BCUT2D eigenvalue weighted by atomic mass is 10.1. The molecule has 3 fully saturated rings. The highest BCUT2D eigenvalue weighted by atomic mass is 15.2. The third-order valence-corrected chi connectivity index (χ3v) is 5.26. The van der Waals surface area contributed by atoms with E-state index in [0.29, 0.717) is 0 Å². The molecule has 0 aromatic heterocycles. The van der Waals surface area contributed by atoms with E-state index in [4.69, 9.17) is 0 Å². The van der Waals surface area contributed by atoms with Gasteiger partial charge in [0.05, 0.1) is 0 Å². The summed E-state index contributed by atoms with van der Waals surface area (Å²) in [4.78, 5) is 2.71. The molecular formula is C19H28N2. The lowest BCUT2D eigenvalue weighted by molar-refractivity contribution is 0.232. The molecule has 1 saturated heterocycles. The van der Waals surface area contributed by atoms with Gasteiger partial charge in [-0.25, -0.2) is 0 Å². The van der Waals surface area contributed by atoms with Crippen molar-refractivity contribution >= 4 is 0 Å². The van der Waals surface area contributed by atoms with Gasteiger partial charge in [0.15, 0.2) is 0 Å². The van der Waals surface area contributed by atoms with Gasteiger partial charge in [-0.1, -0.05) is 24.3 Å². The monoisotopic (exact) mass is 284 g/mol. The molecule has 3 aliphatic rings. The van der Waals surface area contributed by atoms with E-state index >= 15 is 0 Å². The van der Waals surface area contributed by atoms with E-state index in [0.717, 1.165) is 24.4 Å². The number of hydrogen-bond acceptors (Lipinski definition) is 2. The summed E-state index contributed by atoms with van der Waals surface area (Å²) in [5.41, 5.74) is 3.11. The summed E-state index contributed by atoms with van der Waals surface area (Å²) in [7, 11) is 0. The fraction of sp³-hybridized carbons (Fsp3) is 0.684. The molecule has 2 nitrogen and oxygen atoms in total. The molecule has 1 aliphatic heterocycles. The van der Waals surface area contributed by atoms with Crippen LogP contribution in [0.3, 0.4) is 0 Å². The smallest absolute Gasteiger partial charge is 0.0234 e.